The quantitative estimate of drug-likeness (QED) is 0.892. The third-order valence-electron chi connectivity index (χ3n) is 4.08. The van der Waals surface area contributed by atoms with E-state index in [0.717, 1.165) is 29.9 Å². The lowest BCUT2D eigenvalue weighted by atomic mass is 9.92. The summed E-state index contributed by atoms with van der Waals surface area (Å²) in [4.78, 5) is 13.9. The summed E-state index contributed by atoms with van der Waals surface area (Å²) in [6.45, 7) is 7.56. The predicted octanol–water partition coefficient (Wildman–Crippen LogP) is 2.20. The van der Waals surface area contributed by atoms with Crippen LogP contribution in [0.15, 0.2) is 10.5 Å². The van der Waals surface area contributed by atoms with Gasteiger partial charge in [-0.05, 0) is 45.6 Å². The highest BCUT2D eigenvalue weighted by molar-refractivity contribution is 5.74. The van der Waals surface area contributed by atoms with Gasteiger partial charge in [-0.15, -0.1) is 0 Å². The fourth-order valence-corrected chi connectivity index (χ4v) is 2.73. The highest BCUT2D eigenvalue weighted by Crippen LogP contribution is 2.20. The minimum absolute atomic E-state index is 0.0349. The Bertz CT molecular complexity index is 460. The minimum Gasteiger partial charge on any atom is -0.466 e. The number of carbonyl (C=O) groups is 1. The lowest BCUT2D eigenvalue weighted by molar-refractivity contribution is 0.0798. The summed E-state index contributed by atoms with van der Waals surface area (Å²) in [5.74, 6) is 2.04. The van der Waals surface area contributed by atoms with Crippen LogP contribution in [0.2, 0.25) is 0 Å². The summed E-state index contributed by atoms with van der Waals surface area (Å²) in [5, 5.41) is 12.5. The molecule has 1 fully saturated rings. The highest BCUT2D eigenvalue weighted by atomic mass is 16.3. The molecule has 2 heterocycles. The van der Waals surface area contributed by atoms with E-state index < -0.39 is 0 Å². The van der Waals surface area contributed by atoms with E-state index in [1.165, 1.54) is 0 Å². The lowest BCUT2D eigenvalue weighted by Crippen LogP contribution is -2.45. The summed E-state index contributed by atoms with van der Waals surface area (Å²) in [7, 11) is 0. The van der Waals surface area contributed by atoms with Crippen molar-refractivity contribution in [3.8, 4) is 0 Å². The molecule has 20 heavy (non-hydrogen) atoms. The Hall–Kier alpha value is -1.49. The molecule has 1 saturated heterocycles. The fraction of sp³-hybridized carbons (Fsp3) is 0.667. The van der Waals surface area contributed by atoms with Gasteiger partial charge in [0.2, 0.25) is 0 Å². The molecule has 1 aromatic heterocycles. The van der Waals surface area contributed by atoms with Gasteiger partial charge >= 0.3 is 6.03 Å². The lowest BCUT2D eigenvalue weighted by Gasteiger charge is -2.33. The van der Waals surface area contributed by atoms with Crippen LogP contribution in [0.1, 0.15) is 36.8 Å². The predicted molar refractivity (Wildman–Crippen MR) is 76.4 cm³/mol. The zero-order valence-corrected chi connectivity index (χ0v) is 12.5. The van der Waals surface area contributed by atoms with Gasteiger partial charge in [0.25, 0.3) is 0 Å². The number of amides is 2. The maximum absolute atomic E-state index is 12.1. The number of furan rings is 1. The van der Waals surface area contributed by atoms with Crippen molar-refractivity contribution in [2.45, 2.75) is 46.3 Å². The first-order valence-electron chi connectivity index (χ1n) is 7.24. The average Bonchev–Trinajstić information content (AvgIpc) is 2.74. The molecular formula is C15H24N2O3. The molecule has 0 spiro atoms. The largest absolute Gasteiger partial charge is 0.466 e. The smallest absolute Gasteiger partial charge is 0.317 e. The molecule has 1 aromatic rings. The van der Waals surface area contributed by atoms with Crippen molar-refractivity contribution in [2.24, 2.45) is 5.92 Å². The van der Waals surface area contributed by atoms with Gasteiger partial charge in [0.15, 0.2) is 0 Å². The molecule has 1 aliphatic rings. The van der Waals surface area contributed by atoms with Crippen molar-refractivity contribution in [1.82, 2.24) is 10.2 Å². The number of nitrogens with zero attached hydrogens (tertiary/aromatic N) is 1. The molecule has 2 rings (SSSR count). The molecule has 2 N–H and O–H groups in total. The van der Waals surface area contributed by atoms with E-state index in [1.807, 2.05) is 31.7 Å². The zero-order valence-electron chi connectivity index (χ0n) is 12.5. The zero-order chi connectivity index (χ0) is 14.7. The molecule has 1 unspecified atom stereocenters. The second kappa shape index (κ2) is 6.31. The van der Waals surface area contributed by atoms with Crippen LogP contribution in [0.25, 0.3) is 0 Å². The van der Waals surface area contributed by atoms with Gasteiger partial charge < -0.3 is 19.7 Å². The van der Waals surface area contributed by atoms with Crippen molar-refractivity contribution in [1.29, 1.82) is 0 Å². The van der Waals surface area contributed by atoms with Crippen LogP contribution in [0, 0.1) is 19.8 Å². The number of hydrogen-bond acceptors (Lipinski definition) is 3. The van der Waals surface area contributed by atoms with Gasteiger partial charge in [-0.2, -0.15) is 0 Å². The number of urea groups is 1. The van der Waals surface area contributed by atoms with Crippen LogP contribution in [0.4, 0.5) is 4.79 Å². The Kier molecular flexibility index (Phi) is 4.70. The van der Waals surface area contributed by atoms with E-state index in [-0.39, 0.29) is 12.1 Å². The molecule has 1 aliphatic heterocycles. The number of hydrogen-bond donors (Lipinski definition) is 2. The van der Waals surface area contributed by atoms with Crippen LogP contribution in [-0.2, 0) is 6.54 Å². The Morgan fingerprint density at radius 2 is 2.15 bits per heavy atom. The third-order valence-corrected chi connectivity index (χ3v) is 4.08. The second-order valence-electron chi connectivity index (χ2n) is 5.66. The SMILES string of the molecule is Cc1cc(CNC(=O)N2CCC(C(C)O)CC2)c(C)o1. The molecule has 0 aromatic carbocycles. The van der Waals surface area contributed by atoms with Crippen molar-refractivity contribution in [2.75, 3.05) is 13.1 Å². The van der Waals surface area contributed by atoms with E-state index in [1.54, 1.807) is 0 Å². The van der Waals surface area contributed by atoms with Gasteiger partial charge in [0.1, 0.15) is 11.5 Å². The standard InChI is InChI=1S/C15H24N2O3/c1-10-8-14(12(3)20-10)9-16-15(19)17-6-4-13(5-7-17)11(2)18/h8,11,13,18H,4-7,9H2,1-3H3,(H,16,19). The molecule has 112 valence electrons. The maximum Gasteiger partial charge on any atom is 0.317 e. The Labute approximate surface area is 119 Å². The second-order valence-corrected chi connectivity index (χ2v) is 5.66. The number of aliphatic hydroxyl groups is 1. The van der Waals surface area contributed by atoms with Gasteiger partial charge in [0, 0.05) is 25.2 Å². The number of likely N-dealkylation sites (tertiary alicyclic amines) is 1. The van der Waals surface area contributed by atoms with Crippen molar-refractivity contribution in [3.63, 3.8) is 0 Å². The van der Waals surface area contributed by atoms with E-state index >= 15 is 0 Å². The Morgan fingerprint density at radius 3 is 2.65 bits per heavy atom. The summed E-state index contributed by atoms with van der Waals surface area (Å²) in [5.41, 5.74) is 1.02. The van der Waals surface area contributed by atoms with Gasteiger partial charge in [-0.1, -0.05) is 0 Å². The number of rotatable bonds is 3. The van der Waals surface area contributed by atoms with E-state index in [2.05, 4.69) is 5.32 Å². The Morgan fingerprint density at radius 1 is 1.50 bits per heavy atom. The van der Waals surface area contributed by atoms with Gasteiger partial charge in [-0.3, -0.25) is 0 Å². The highest BCUT2D eigenvalue weighted by Gasteiger charge is 2.25. The molecule has 0 saturated carbocycles. The molecule has 0 bridgehead atoms. The van der Waals surface area contributed by atoms with E-state index in [9.17, 15) is 9.90 Å². The number of piperidine rings is 1. The molecule has 1 atom stereocenters. The summed E-state index contributed by atoms with van der Waals surface area (Å²) < 4.78 is 5.44. The fourth-order valence-electron chi connectivity index (χ4n) is 2.73. The first-order chi connectivity index (χ1) is 9.47. The summed E-state index contributed by atoms with van der Waals surface area (Å²) in [6.07, 6.45) is 1.46. The van der Waals surface area contributed by atoms with Crippen LogP contribution >= 0.6 is 0 Å². The van der Waals surface area contributed by atoms with Gasteiger partial charge in [0.05, 0.1) is 6.10 Å². The van der Waals surface area contributed by atoms with Crippen molar-refractivity contribution >= 4 is 6.03 Å². The third kappa shape index (κ3) is 3.54. The number of aliphatic hydroxyl groups excluding tert-OH is 1. The molecular weight excluding hydrogens is 256 g/mol. The molecule has 0 aliphatic carbocycles. The number of aryl methyl sites for hydroxylation is 2. The van der Waals surface area contributed by atoms with E-state index in [4.69, 9.17) is 4.42 Å². The molecule has 5 heteroatoms. The summed E-state index contributed by atoms with van der Waals surface area (Å²) in [6, 6.07) is 1.92. The average molecular weight is 280 g/mol. The number of nitrogens with one attached hydrogen (secondary N) is 1. The van der Waals surface area contributed by atoms with Crippen LogP contribution < -0.4 is 5.32 Å². The van der Waals surface area contributed by atoms with Crippen molar-refractivity contribution < 1.29 is 14.3 Å². The van der Waals surface area contributed by atoms with Crippen LogP contribution in [0.5, 0.6) is 0 Å². The molecule has 0 radical (unpaired) electrons. The monoisotopic (exact) mass is 280 g/mol. The molecule has 5 nitrogen and oxygen atoms in total. The van der Waals surface area contributed by atoms with E-state index in [0.29, 0.717) is 25.6 Å². The van der Waals surface area contributed by atoms with Crippen LogP contribution in [0.3, 0.4) is 0 Å². The first kappa shape index (κ1) is 14.9. The van der Waals surface area contributed by atoms with Crippen molar-refractivity contribution in [3.05, 3.63) is 23.2 Å². The minimum atomic E-state index is -0.281. The van der Waals surface area contributed by atoms with Crippen LogP contribution in [-0.4, -0.2) is 35.2 Å². The maximum atomic E-state index is 12.1. The Balaban J connectivity index is 1.80. The first-order valence-corrected chi connectivity index (χ1v) is 7.24. The molecule has 2 amide bonds. The normalized spacial score (nSPS) is 18.1. The topological polar surface area (TPSA) is 65.7 Å². The number of carbonyl (C=O) groups excluding carboxylic acids is 1. The summed E-state index contributed by atoms with van der Waals surface area (Å²) >= 11 is 0. The van der Waals surface area contributed by atoms with Gasteiger partial charge in [-0.25, -0.2) is 4.79 Å².